The molecule has 8 heteroatoms. The van der Waals surface area contributed by atoms with Crippen molar-refractivity contribution in [2.75, 3.05) is 4.90 Å². The third-order valence-corrected chi connectivity index (χ3v) is 8.66. The number of para-hydroxylation sites is 2. The van der Waals surface area contributed by atoms with Crippen LogP contribution in [0.15, 0.2) is 71.5 Å². The number of imide groups is 1. The van der Waals surface area contributed by atoms with Gasteiger partial charge >= 0.3 is 0 Å². The van der Waals surface area contributed by atoms with E-state index in [0.29, 0.717) is 33.1 Å². The summed E-state index contributed by atoms with van der Waals surface area (Å²) in [6, 6.07) is 19.7. The Kier molecular flexibility index (Phi) is 4.82. The molecule has 38 heavy (non-hydrogen) atoms. The number of amides is 2. The van der Waals surface area contributed by atoms with E-state index in [1.807, 2.05) is 69.3 Å². The summed E-state index contributed by atoms with van der Waals surface area (Å²) >= 11 is 6.31. The van der Waals surface area contributed by atoms with E-state index >= 15 is 0 Å². The van der Waals surface area contributed by atoms with Crippen molar-refractivity contribution < 1.29 is 9.59 Å². The molecule has 4 atom stereocenters. The molecular weight excluding hydrogens is 500 g/mol. The van der Waals surface area contributed by atoms with Gasteiger partial charge < -0.3 is 0 Å². The molecular formula is C30H25ClN4O3. The largest absolute Gasteiger partial charge is 0.296 e. The molecule has 0 aliphatic carbocycles. The van der Waals surface area contributed by atoms with Crippen LogP contribution in [0.4, 0.5) is 5.69 Å². The smallest absolute Gasteiger partial charge is 0.266 e. The third kappa shape index (κ3) is 2.78. The molecule has 2 amide bonds. The molecule has 0 radical (unpaired) electrons. The first-order valence-corrected chi connectivity index (χ1v) is 13.2. The van der Waals surface area contributed by atoms with Gasteiger partial charge in [0.1, 0.15) is 11.4 Å². The Labute approximate surface area is 224 Å². The maximum Gasteiger partial charge on any atom is 0.266 e. The summed E-state index contributed by atoms with van der Waals surface area (Å²) in [5.41, 5.74) is 1.96. The zero-order chi connectivity index (χ0) is 26.5. The number of anilines is 1. The van der Waals surface area contributed by atoms with Crippen LogP contribution in [-0.4, -0.2) is 27.4 Å². The summed E-state index contributed by atoms with van der Waals surface area (Å²) in [7, 11) is 0. The van der Waals surface area contributed by atoms with Gasteiger partial charge in [-0.3, -0.25) is 24.3 Å². The minimum absolute atomic E-state index is 0.0347. The number of carbonyl (C=O) groups is 2. The number of aryl methyl sites for hydroxylation is 1. The fraction of sp³-hybridized carbons (Fsp3) is 0.267. The molecule has 0 saturated carbocycles. The molecule has 2 fully saturated rings. The zero-order valence-electron chi connectivity index (χ0n) is 21.1. The van der Waals surface area contributed by atoms with E-state index in [4.69, 9.17) is 16.6 Å². The Balaban J connectivity index is 1.54. The summed E-state index contributed by atoms with van der Waals surface area (Å²) in [6.07, 6.45) is 0. The van der Waals surface area contributed by atoms with Crippen LogP contribution >= 0.6 is 11.6 Å². The second-order valence-corrected chi connectivity index (χ2v) is 11.2. The van der Waals surface area contributed by atoms with Crippen LogP contribution in [0, 0.1) is 24.7 Å². The molecule has 4 heterocycles. The first-order chi connectivity index (χ1) is 18.3. The van der Waals surface area contributed by atoms with Crippen LogP contribution in [-0.2, 0) is 15.1 Å². The number of nitrogens with zero attached hydrogens (tertiary/aromatic N) is 3. The lowest BCUT2D eigenvalue weighted by atomic mass is 9.75. The molecule has 3 aromatic carbocycles. The quantitative estimate of drug-likeness (QED) is 0.394. The number of rotatable bonds is 2. The van der Waals surface area contributed by atoms with E-state index < -0.39 is 17.4 Å². The highest BCUT2D eigenvalue weighted by atomic mass is 35.5. The molecule has 1 spiro atoms. The summed E-state index contributed by atoms with van der Waals surface area (Å²) in [6.45, 7) is 5.95. The van der Waals surface area contributed by atoms with E-state index in [-0.39, 0.29) is 29.3 Å². The van der Waals surface area contributed by atoms with E-state index in [9.17, 15) is 14.4 Å². The van der Waals surface area contributed by atoms with Crippen molar-refractivity contribution in [3.8, 4) is 5.69 Å². The van der Waals surface area contributed by atoms with Crippen molar-refractivity contribution >= 4 is 40.0 Å². The Hall–Kier alpha value is -3.81. The molecule has 3 aliphatic heterocycles. The molecule has 4 aromatic rings. The van der Waals surface area contributed by atoms with E-state index in [1.54, 1.807) is 22.8 Å². The van der Waals surface area contributed by atoms with Gasteiger partial charge in [0.2, 0.25) is 11.8 Å². The zero-order valence-corrected chi connectivity index (χ0v) is 21.9. The second-order valence-electron chi connectivity index (χ2n) is 10.8. The van der Waals surface area contributed by atoms with Crippen LogP contribution in [0.25, 0.3) is 16.6 Å². The normalized spacial score (nSPS) is 25.5. The highest BCUT2D eigenvalue weighted by Gasteiger charge is 2.70. The number of carbonyl (C=O) groups excluding carboxylic acids is 2. The number of hydrogen-bond donors (Lipinski definition) is 1. The average Bonchev–Trinajstić information content (AvgIpc) is 3.50. The molecule has 2 saturated heterocycles. The number of hydrogen-bond acceptors (Lipinski definition) is 5. The van der Waals surface area contributed by atoms with Gasteiger partial charge in [-0.05, 0) is 48.7 Å². The van der Waals surface area contributed by atoms with Crippen molar-refractivity contribution in [3.05, 3.63) is 99.1 Å². The fourth-order valence-corrected chi connectivity index (χ4v) is 6.95. The van der Waals surface area contributed by atoms with Crippen molar-refractivity contribution in [3.63, 3.8) is 0 Å². The van der Waals surface area contributed by atoms with Crippen molar-refractivity contribution in [2.45, 2.75) is 32.4 Å². The van der Waals surface area contributed by atoms with Gasteiger partial charge in [-0.1, -0.05) is 61.8 Å². The molecule has 0 bridgehead atoms. The van der Waals surface area contributed by atoms with E-state index in [2.05, 4.69) is 5.32 Å². The first-order valence-electron chi connectivity index (χ1n) is 12.8. The maximum absolute atomic E-state index is 14.5. The number of benzene rings is 3. The van der Waals surface area contributed by atoms with Gasteiger partial charge in [0.15, 0.2) is 0 Å². The second kappa shape index (κ2) is 7.85. The number of fused-ring (bicyclic) bond motifs is 8. The minimum Gasteiger partial charge on any atom is -0.296 e. The van der Waals surface area contributed by atoms with Crippen molar-refractivity contribution in [1.29, 1.82) is 0 Å². The maximum atomic E-state index is 14.5. The van der Waals surface area contributed by atoms with Crippen LogP contribution in [0.5, 0.6) is 0 Å². The Morgan fingerprint density at radius 2 is 1.68 bits per heavy atom. The summed E-state index contributed by atoms with van der Waals surface area (Å²) in [5, 5.41) is 4.67. The molecule has 7 rings (SSSR count). The van der Waals surface area contributed by atoms with Crippen LogP contribution in [0.3, 0.4) is 0 Å². The van der Waals surface area contributed by atoms with Gasteiger partial charge in [-0.25, -0.2) is 9.88 Å². The lowest BCUT2D eigenvalue weighted by Gasteiger charge is -2.32. The Morgan fingerprint density at radius 3 is 2.47 bits per heavy atom. The van der Waals surface area contributed by atoms with E-state index in [1.165, 1.54) is 4.90 Å². The number of halogens is 1. The Morgan fingerprint density at radius 1 is 0.947 bits per heavy atom. The highest BCUT2D eigenvalue weighted by molar-refractivity contribution is 6.31. The molecule has 3 aliphatic rings. The molecule has 1 aromatic heterocycles. The topological polar surface area (TPSA) is 84.3 Å². The standard InChI is InChI=1S/C30H25ClN4O3/c1-15(2)25-23-24(28(38)34(27(23)37)22-14-17(31)13-12-16(22)3)30(33-25)19-9-5-7-11-21(19)35-26(36)18-8-4-6-10-20(18)32-29(30)35/h4-15,23-25,33H,1-3H3. The van der Waals surface area contributed by atoms with Gasteiger partial charge in [0, 0.05) is 16.6 Å². The predicted molar refractivity (Wildman–Crippen MR) is 146 cm³/mol. The predicted octanol–water partition coefficient (Wildman–Crippen LogP) is 4.34. The lowest BCUT2D eigenvalue weighted by Crippen LogP contribution is -2.51. The summed E-state index contributed by atoms with van der Waals surface area (Å²) in [5.74, 6) is -1.51. The van der Waals surface area contributed by atoms with Gasteiger partial charge in [0.05, 0.1) is 34.1 Å². The average molecular weight is 525 g/mol. The number of aromatic nitrogens is 2. The highest BCUT2D eigenvalue weighted by Crippen LogP contribution is 2.56. The summed E-state index contributed by atoms with van der Waals surface area (Å²) in [4.78, 5) is 48.8. The first kappa shape index (κ1) is 23.3. The van der Waals surface area contributed by atoms with Gasteiger partial charge in [-0.15, -0.1) is 0 Å². The van der Waals surface area contributed by atoms with Crippen LogP contribution in [0.1, 0.15) is 30.8 Å². The minimum atomic E-state index is -1.15. The lowest BCUT2D eigenvalue weighted by molar-refractivity contribution is -0.123. The van der Waals surface area contributed by atoms with Crippen molar-refractivity contribution in [2.24, 2.45) is 17.8 Å². The van der Waals surface area contributed by atoms with Crippen LogP contribution in [0.2, 0.25) is 5.02 Å². The van der Waals surface area contributed by atoms with Gasteiger partial charge in [-0.2, -0.15) is 0 Å². The molecule has 1 N–H and O–H groups in total. The molecule has 190 valence electrons. The SMILES string of the molecule is Cc1ccc(Cl)cc1N1C(=O)C2C(C(C)C)NC3(c4ccccc4-n4c3nc3ccccc3c4=O)C2C1=O. The Bertz CT molecular complexity index is 1760. The molecule has 7 nitrogen and oxygen atoms in total. The van der Waals surface area contributed by atoms with Crippen molar-refractivity contribution in [1.82, 2.24) is 14.9 Å². The monoisotopic (exact) mass is 524 g/mol. The third-order valence-electron chi connectivity index (χ3n) is 8.43. The fourth-order valence-electron chi connectivity index (χ4n) is 6.79. The molecule has 4 unspecified atom stereocenters. The summed E-state index contributed by atoms with van der Waals surface area (Å²) < 4.78 is 1.62. The van der Waals surface area contributed by atoms with Gasteiger partial charge in [0.25, 0.3) is 5.56 Å². The number of nitrogens with one attached hydrogen (secondary N) is 1. The van der Waals surface area contributed by atoms with Crippen LogP contribution < -0.4 is 15.8 Å². The van der Waals surface area contributed by atoms with E-state index in [0.717, 1.165) is 11.1 Å².